The van der Waals surface area contributed by atoms with E-state index in [9.17, 15) is 8.42 Å². The molecule has 4 N–H and O–H groups in total. The lowest BCUT2D eigenvalue weighted by Crippen LogP contribution is -2.29. The lowest BCUT2D eigenvalue weighted by Gasteiger charge is -2.30. The highest BCUT2D eigenvalue weighted by Gasteiger charge is 2.27. The number of piperidine rings is 1. The Morgan fingerprint density at radius 3 is 2.62 bits per heavy atom. The van der Waals surface area contributed by atoms with E-state index < -0.39 is 20.1 Å². The molecule has 0 unspecified atom stereocenters. The van der Waals surface area contributed by atoms with E-state index in [0.717, 1.165) is 49.4 Å². The average molecular weight is 578 g/mol. The lowest BCUT2D eigenvalue weighted by molar-refractivity contribution is 0.254. The molecule has 10 nitrogen and oxygen atoms in total. The maximum absolute atomic E-state index is 12.6. The van der Waals surface area contributed by atoms with Crippen LogP contribution in [0.15, 0.2) is 30.2 Å². The minimum absolute atomic E-state index is 0.0167. The highest BCUT2D eigenvalue weighted by molar-refractivity contribution is 8.07. The van der Waals surface area contributed by atoms with E-state index in [1.165, 1.54) is 31.8 Å². The SMILES string of the molecule is CCCOc1cc(C2CCN(C)CC2)c(C)cc1Nc1ncc(Cl)c(N/C(=C/NC)C(=N)S(=O)(=O)C(C)C)n1. The number of hydrogen-bond donors (Lipinski definition) is 4. The van der Waals surface area contributed by atoms with E-state index >= 15 is 0 Å². The standard InChI is InChI=1S/C27H40ClN7O3S/c1-7-12-38-24-14-20(19-8-10-35(6)11-9-19)18(4)13-22(24)33-27-31-15-21(28)26(34-27)32-23(16-30-5)25(29)39(36,37)17(2)3/h13-17,19,29-30H,7-12H2,1-6H3,(H2,31,32,33,34)/b23-16+,29-25?. The smallest absolute Gasteiger partial charge is 0.229 e. The quantitative estimate of drug-likeness (QED) is 0.214. The number of nitrogens with zero attached hydrogens (tertiary/aromatic N) is 3. The fraction of sp³-hybridized carbons (Fsp3) is 0.519. The van der Waals surface area contributed by atoms with Crippen LogP contribution in [0.1, 0.15) is 57.1 Å². The van der Waals surface area contributed by atoms with Crippen LogP contribution in [-0.2, 0) is 9.84 Å². The van der Waals surface area contributed by atoms with Gasteiger partial charge in [-0.05, 0) is 89.3 Å². The second-order valence-corrected chi connectivity index (χ2v) is 12.9. The van der Waals surface area contributed by atoms with Gasteiger partial charge in [0.15, 0.2) is 20.7 Å². The molecule has 2 aromatic rings. The number of halogens is 1. The zero-order valence-electron chi connectivity index (χ0n) is 23.6. The number of anilines is 3. The normalized spacial score (nSPS) is 15.3. The molecule has 0 saturated carbocycles. The van der Waals surface area contributed by atoms with Crippen LogP contribution in [0.3, 0.4) is 0 Å². The van der Waals surface area contributed by atoms with Crippen LogP contribution in [0, 0.1) is 12.3 Å². The van der Waals surface area contributed by atoms with E-state index in [-0.39, 0.29) is 22.5 Å². The third kappa shape index (κ3) is 7.61. The molecule has 2 heterocycles. The topological polar surface area (TPSA) is 132 Å². The maximum atomic E-state index is 12.6. The summed E-state index contributed by atoms with van der Waals surface area (Å²) < 4.78 is 31.4. The summed E-state index contributed by atoms with van der Waals surface area (Å²) in [7, 11) is -0.0651. The Labute approximate surface area is 237 Å². The van der Waals surface area contributed by atoms with Crippen LogP contribution in [0.25, 0.3) is 0 Å². The van der Waals surface area contributed by atoms with Crippen LogP contribution in [0.5, 0.6) is 5.75 Å². The van der Waals surface area contributed by atoms with E-state index in [1.54, 1.807) is 7.05 Å². The summed E-state index contributed by atoms with van der Waals surface area (Å²) in [5.41, 5.74) is 3.20. The Hall–Kier alpha value is -2.89. The monoisotopic (exact) mass is 577 g/mol. The predicted octanol–water partition coefficient (Wildman–Crippen LogP) is 5.05. The Bertz CT molecular complexity index is 1310. The molecule has 0 aliphatic carbocycles. The molecule has 1 aliphatic rings. The van der Waals surface area contributed by atoms with Gasteiger partial charge in [-0.1, -0.05) is 18.5 Å². The van der Waals surface area contributed by atoms with Gasteiger partial charge in [0, 0.05) is 13.2 Å². The number of nitrogens with one attached hydrogen (secondary N) is 4. The predicted molar refractivity (Wildman–Crippen MR) is 159 cm³/mol. The third-order valence-corrected chi connectivity index (χ3v) is 8.98. The molecular weight excluding hydrogens is 538 g/mol. The second kappa shape index (κ2) is 13.5. The number of rotatable bonds is 11. The van der Waals surface area contributed by atoms with Gasteiger partial charge in [-0.15, -0.1) is 0 Å². The molecule has 0 spiro atoms. The second-order valence-electron chi connectivity index (χ2n) is 10.0. The molecule has 0 radical (unpaired) electrons. The Morgan fingerprint density at radius 1 is 1.31 bits per heavy atom. The number of ether oxygens (including phenoxy) is 1. The first-order valence-corrected chi connectivity index (χ1v) is 15.1. The lowest BCUT2D eigenvalue weighted by atomic mass is 9.86. The number of aryl methyl sites for hydroxylation is 1. The number of hydrogen-bond acceptors (Lipinski definition) is 10. The molecule has 1 aromatic heterocycles. The summed E-state index contributed by atoms with van der Waals surface area (Å²) >= 11 is 6.36. The fourth-order valence-corrected chi connectivity index (χ4v) is 5.37. The van der Waals surface area contributed by atoms with Crippen LogP contribution in [0.4, 0.5) is 17.5 Å². The van der Waals surface area contributed by atoms with Gasteiger partial charge in [0.05, 0.1) is 29.4 Å². The Kier molecular flexibility index (Phi) is 10.6. The van der Waals surface area contributed by atoms with Gasteiger partial charge in [0.2, 0.25) is 5.95 Å². The summed E-state index contributed by atoms with van der Waals surface area (Å²) in [4.78, 5) is 11.2. The van der Waals surface area contributed by atoms with E-state index in [1.807, 2.05) is 0 Å². The molecule has 3 rings (SSSR count). The molecule has 12 heteroatoms. The van der Waals surface area contributed by atoms with E-state index in [0.29, 0.717) is 12.5 Å². The fourth-order valence-electron chi connectivity index (χ4n) is 4.35. The van der Waals surface area contributed by atoms with Crippen molar-refractivity contribution >= 4 is 43.9 Å². The summed E-state index contributed by atoms with van der Waals surface area (Å²) in [6.07, 6.45) is 5.89. The number of benzene rings is 1. The van der Waals surface area contributed by atoms with Gasteiger partial charge in [-0.2, -0.15) is 4.98 Å². The minimum Gasteiger partial charge on any atom is -0.491 e. The van der Waals surface area contributed by atoms with Crippen molar-refractivity contribution in [1.29, 1.82) is 5.41 Å². The van der Waals surface area contributed by atoms with Crippen molar-refractivity contribution in [1.82, 2.24) is 20.2 Å². The molecule has 39 heavy (non-hydrogen) atoms. The third-order valence-electron chi connectivity index (χ3n) is 6.67. The van der Waals surface area contributed by atoms with Gasteiger partial charge in [-0.25, -0.2) is 13.4 Å². The molecule has 0 atom stereocenters. The van der Waals surface area contributed by atoms with Crippen molar-refractivity contribution < 1.29 is 13.2 Å². The summed E-state index contributed by atoms with van der Waals surface area (Å²) in [6.45, 7) is 9.94. The molecule has 1 aliphatic heterocycles. The summed E-state index contributed by atoms with van der Waals surface area (Å²) in [5, 5.41) is 16.0. The summed E-state index contributed by atoms with van der Waals surface area (Å²) in [5.74, 6) is 1.62. The van der Waals surface area contributed by atoms with Crippen LogP contribution in [-0.4, -0.2) is 67.4 Å². The Morgan fingerprint density at radius 2 is 2.00 bits per heavy atom. The van der Waals surface area contributed by atoms with E-state index in [4.69, 9.17) is 21.7 Å². The molecule has 1 saturated heterocycles. The largest absolute Gasteiger partial charge is 0.491 e. The number of likely N-dealkylation sites (tertiary alicyclic amines) is 1. The molecule has 1 aromatic carbocycles. The zero-order chi connectivity index (χ0) is 28.7. The molecular formula is C27H40ClN7O3S. The van der Waals surface area contributed by atoms with Crippen molar-refractivity contribution in [2.75, 3.05) is 44.4 Å². The Balaban J connectivity index is 1.92. The zero-order valence-corrected chi connectivity index (χ0v) is 25.1. The van der Waals surface area contributed by atoms with Crippen LogP contribution < -0.4 is 20.7 Å². The van der Waals surface area contributed by atoms with Crippen LogP contribution >= 0.6 is 11.6 Å². The average Bonchev–Trinajstić information content (AvgIpc) is 2.89. The van der Waals surface area contributed by atoms with Crippen molar-refractivity contribution in [3.8, 4) is 5.75 Å². The van der Waals surface area contributed by atoms with Gasteiger partial charge in [0.25, 0.3) is 0 Å². The molecule has 0 amide bonds. The maximum Gasteiger partial charge on any atom is 0.229 e. The number of aromatic nitrogens is 2. The van der Waals surface area contributed by atoms with Gasteiger partial charge < -0.3 is 25.6 Å². The van der Waals surface area contributed by atoms with Gasteiger partial charge in [0.1, 0.15) is 10.8 Å². The first-order valence-electron chi connectivity index (χ1n) is 13.2. The molecule has 214 valence electrons. The molecule has 1 fully saturated rings. The van der Waals surface area contributed by atoms with Crippen molar-refractivity contribution in [2.24, 2.45) is 0 Å². The van der Waals surface area contributed by atoms with Gasteiger partial charge in [-0.3, -0.25) is 5.41 Å². The van der Waals surface area contributed by atoms with E-state index in [2.05, 4.69) is 63.8 Å². The highest BCUT2D eigenvalue weighted by Crippen LogP contribution is 2.37. The first-order chi connectivity index (χ1) is 18.5. The molecule has 0 bridgehead atoms. The van der Waals surface area contributed by atoms with Crippen molar-refractivity contribution in [3.63, 3.8) is 0 Å². The summed E-state index contributed by atoms with van der Waals surface area (Å²) in [6, 6.07) is 4.19. The van der Waals surface area contributed by atoms with Crippen molar-refractivity contribution in [2.45, 2.75) is 58.1 Å². The minimum atomic E-state index is -3.83. The van der Waals surface area contributed by atoms with Crippen LogP contribution in [0.2, 0.25) is 5.02 Å². The first kappa shape index (κ1) is 30.6. The highest BCUT2D eigenvalue weighted by atomic mass is 35.5. The number of sulfone groups is 1. The van der Waals surface area contributed by atoms with Crippen molar-refractivity contribution in [3.05, 3.63) is 46.4 Å². The van der Waals surface area contributed by atoms with Gasteiger partial charge >= 0.3 is 0 Å².